The molecular formula is C15H16N2O3. The largest absolute Gasteiger partial charge is 0.497 e. The average molecular weight is 272 g/mol. The molecule has 0 aliphatic carbocycles. The summed E-state index contributed by atoms with van der Waals surface area (Å²) in [6.45, 7) is 1.86. The minimum absolute atomic E-state index is 0.0956. The first-order chi connectivity index (χ1) is 9.64. The van der Waals surface area contributed by atoms with Crippen molar-refractivity contribution >= 4 is 5.97 Å². The maximum absolute atomic E-state index is 12.2. The molecule has 0 aromatic heterocycles. The molecule has 0 saturated heterocycles. The van der Waals surface area contributed by atoms with E-state index in [-0.39, 0.29) is 19.4 Å². The van der Waals surface area contributed by atoms with Crippen molar-refractivity contribution in [1.82, 2.24) is 0 Å². The Labute approximate surface area is 118 Å². The molecule has 0 N–H and O–H groups in total. The summed E-state index contributed by atoms with van der Waals surface area (Å²) >= 11 is 0. The zero-order valence-electron chi connectivity index (χ0n) is 11.5. The fourth-order valence-electron chi connectivity index (χ4n) is 1.90. The molecule has 0 radical (unpaired) electrons. The van der Waals surface area contributed by atoms with Crippen LogP contribution in [-0.2, 0) is 14.9 Å². The van der Waals surface area contributed by atoms with Gasteiger partial charge in [-0.2, -0.15) is 10.5 Å². The normalized spacial score (nSPS) is 12.6. The predicted molar refractivity (Wildman–Crippen MR) is 71.8 cm³/mol. The van der Waals surface area contributed by atoms with Crippen molar-refractivity contribution in [1.29, 1.82) is 10.5 Å². The Balaban J connectivity index is 3.23. The number of rotatable bonds is 6. The van der Waals surface area contributed by atoms with E-state index in [1.54, 1.807) is 31.2 Å². The van der Waals surface area contributed by atoms with Crippen LogP contribution in [0.1, 0.15) is 25.3 Å². The van der Waals surface area contributed by atoms with Gasteiger partial charge in [0.15, 0.2) is 5.41 Å². The van der Waals surface area contributed by atoms with Crippen LogP contribution in [0, 0.1) is 22.7 Å². The van der Waals surface area contributed by atoms with E-state index in [4.69, 9.17) is 14.7 Å². The first kappa shape index (κ1) is 15.5. The van der Waals surface area contributed by atoms with Crippen LogP contribution in [-0.4, -0.2) is 19.7 Å². The van der Waals surface area contributed by atoms with Crippen LogP contribution in [0.15, 0.2) is 24.3 Å². The summed E-state index contributed by atoms with van der Waals surface area (Å²) in [4.78, 5) is 12.2. The fourth-order valence-corrected chi connectivity index (χ4v) is 1.90. The summed E-state index contributed by atoms with van der Waals surface area (Å²) in [5, 5.41) is 18.2. The standard InChI is InChI=1S/C15H16N2O3/c1-3-20-14(18)15(11-17,9-4-10-16)12-5-7-13(19-2)8-6-12/h5-8H,3-4,9H2,1-2H3/t15-/m0/s1. The van der Waals surface area contributed by atoms with Gasteiger partial charge in [-0.25, -0.2) is 4.79 Å². The van der Waals surface area contributed by atoms with Crippen LogP contribution in [0.4, 0.5) is 0 Å². The molecule has 5 heteroatoms. The number of nitriles is 2. The molecule has 0 bridgehead atoms. The molecule has 0 saturated carbocycles. The summed E-state index contributed by atoms with van der Waals surface area (Å²) in [6, 6.07) is 10.6. The van der Waals surface area contributed by atoms with Gasteiger partial charge in [-0.3, -0.25) is 0 Å². The van der Waals surface area contributed by atoms with Crippen LogP contribution in [0.2, 0.25) is 0 Å². The van der Waals surface area contributed by atoms with Crippen LogP contribution < -0.4 is 4.74 Å². The monoisotopic (exact) mass is 272 g/mol. The van der Waals surface area contributed by atoms with Crippen molar-refractivity contribution in [3.8, 4) is 17.9 Å². The lowest BCUT2D eigenvalue weighted by Gasteiger charge is -2.24. The third-order valence-electron chi connectivity index (χ3n) is 3.01. The molecule has 104 valence electrons. The number of methoxy groups -OCH3 is 1. The highest BCUT2D eigenvalue weighted by Crippen LogP contribution is 2.31. The lowest BCUT2D eigenvalue weighted by Crippen LogP contribution is -2.36. The second-order valence-electron chi connectivity index (χ2n) is 4.12. The zero-order valence-corrected chi connectivity index (χ0v) is 11.5. The summed E-state index contributed by atoms with van der Waals surface area (Å²) in [5.41, 5.74) is -0.938. The minimum Gasteiger partial charge on any atom is -0.497 e. The van der Waals surface area contributed by atoms with Crippen molar-refractivity contribution in [2.45, 2.75) is 25.2 Å². The number of carbonyl (C=O) groups excluding carboxylic acids is 1. The van der Waals surface area contributed by atoms with Gasteiger partial charge in [-0.05, 0) is 31.0 Å². The first-order valence-corrected chi connectivity index (χ1v) is 6.24. The highest BCUT2D eigenvalue weighted by molar-refractivity contribution is 5.86. The van der Waals surface area contributed by atoms with E-state index < -0.39 is 11.4 Å². The van der Waals surface area contributed by atoms with E-state index in [0.29, 0.717) is 11.3 Å². The summed E-state index contributed by atoms with van der Waals surface area (Å²) < 4.78 is 10.1. The van der Waals surface area contributed by atoms with Gasteiger partial charge in [0.1, 0.15) is 5.75 Å². The van der Waals surface area contributed by atoms with E-state index in [9.17, 15) is 10.1 Å². The molecular weight excluding hydrogens is 256 g/mol. The van der Waals surface area contributed by atoms with Gasteiger partial charge in [-0.1, -0.05) is 12.1 Å². The third-order valence-corrected chi connectivity index (χ3v) is 3.01. The predicted octanol–water partition coefficient (Wildman–Crippen LogP) is 2.32. The first-order valence-electron chi connectivity index (χ1n) is 6.24. The van der Waals surface area contributed by atoms with Crippen molar-refractivity contribution < 1.29 is 14.3 Å². The minimum atomic E-state index is -1.45. The number of ether oxygens (including phenoxy) is 2. The van der Waals surface area contributed by atoms with Crippen molar-refractivity contribution in [2.75, 3.05) is 13.7 Å². The van der Waals surface area contributed by atoms with Crippen molar-refractivity contribution in [3.63, 3.8) is 0 Å². The van der Waals surface area contributed by atoms with E-state index in [1.165, 1.54) is 7.11 Å². The van der Waals surface area contributed by atoms with Gasteiger partial charge in [0.2, 0.25) is 0 Å². The topological polar surface area (TPSA) is 83.1 Å². The zero-order chi connectivity index (χ0) is 15.0. The van der Waals surface area contributed by atoms with Crippen molar-refractivity contribution in [3.05, 3.63) is 29.8 Å². The van der Waals surface area contributed by atoms with Gasteiger partial charge in [0.25, 0.3) is 0 Å². The average Bonchev–Trinajstić information content (AvgIpc) is 2.49. The molecule has 0 fully saturated rings. The molecule has 1 atom stereocenters. The number of esters is 1. The smallest absolute Gasteiger partial charge is 0.331 e. The summed E-state index contributed by atoms with van der Waals surface area (Å²) in [6.07, 6.45) is 0.198. The van der Waals surface area contributed by atoms with Gasteiger partial charge in [0, 0.05) is 6.42 Å². The number of hydrogen-bond donors (Lipinski definition) is 0. The molecule has 0 aliphatic heterocycles. The second kappa shape index (κ2) is 7.16. The van der Waals surface area contributed by atoms with Gasteiger partial charge >= 0.3 is 5.97 Å². The number of hydrogen-bond acceptors (Lipinski definition) is 5. The summed E-state index contributed by atoms with van der Waals surface area (Å²) in [7, 11) is 1.54. The third kappa shape index (κ3) is 3.07. The van der Waals surface area contributed by atoms with Crippen LogP contribution in [0.3, 0.4) is 0 Å². The Morgan fingerprint density at radius 3 is 2.40 bits per heavy atom. The van der Waals surface area contributed by atoms with Crippen molar-refractivity contribution in [2.24, 2.45) is 0 Å². The maximum atomic E-state index is 12.2. The number of carbonyl (C=O) groups is 1. The Morgan fingerprint density at radius 1 is 1.30 bits per heavy atom. The molecule has 1 aromatic carbocycles. The number of benzene rings is 1. The molecule has 5 nitrogen and oxygen atoms in total. The SMILES string of the molecule is CCOC(=O)[C@](C#N)(CCC#N)c1ccc(OC)cc1. The Bertz CT molecular complexity index is 540. The Morgan fingerprint density at radius 2 is 1.95 bits per heavy atom. The molecule has 0 aliphatic rings. The molecule has 1 aromatic rings. The van der Waals surface area contributed by atoms with Crippen LogP contribution >= 0.6 is 0 Å². The van der Waals surface area contributed by atoms with Gasteiger partial charge in [-0.15, -0.1) is 0 Å². The van der Waals surface area contributed by atoms with E-state index in [0.717, 1.165) is 0 Å². The molecule has 1 rings (SSSR count). The highest BCUT2D eigenvalue weighted by Gasteiger charge is 2.42. The van der Waals surface area contributed by atoms with E-state index in [1.807, 2.05) is 12.1 Å². The van der Waals surface area contributed by atoms with Crippen LogP contribution in [0.5, 0.6) is 5.75 Å². The molecule has 20 heavy (non-hydrogen) atoms. The lowest BCUT2D eigenvalue weighted by molar-refractivity contribution is -0.148. The molecule has 0 unspecified atom stereocenters. The van der Waals surface area contributed by atoms with Gasteiger partial charge in [0.05, 0.1) is 25.9 Å². The fraction of sp³-hybridized carbons (Fsp3) is 0.400. The number of nitrogens with zero attached hydrogens (tertiary/aromatic N) is 2. The Kier molecular flexibility index (Phi) is 5.56. The second-order valence-corrected chi connectivity index (χ2v) is 4.12. The molecule has 0 spiro atoms. The lowest BCUT2D eigenvalue weighted by atomic mass is 9.78. The van der Waals surface area contributed by atoms with E-state index >= 15 is 0 Å². The van der Waals surface area contributed by atoms with Gasteiger partial charge < -0.3 is 9.47 Å². The maximum Gasteiger partial charge on any atom is 0.331 e. The quantitative estimate of drug-likeness (QED) is 0.742. The molecule has 0 heterocycles. The van der Waals surface area contributed by atoms with Crippen LogP contribution in [0.25, 0.3) is 0 Å². The Hall–Kier alpha value is -2.53. The summed E-state index contributed by atoms with van der Waals surface area (Å²) in [5.74, 6) is 0.00708. The van der Waals surface area contributed by atoms with E-state index in [2.05, 4.69) is 0 Å². The highest BCUT2D eigenvalue weighted by atomic mass is 16.5. The molecule has 0 amide bonds.